The molecule has 0 aromatic carbocycles. The number of rotatable bonds is 2. The molecule has 1 fully saturated rings. The number of hydrogen-bond donors (Lipinski definition) is 1. The third kappa shape index (κ3) is 3.33. The minimum Gasteiger partial charge on any atom is -0.384 e. The molecule has 2 heterocycles. The first-order valence-corrected chi connectivity index (χ1v) is 6.70. The second kappa shape index (κ2) is 6.01. The summed E-state index contributed by atoms with van der Waals surface area (Å²) in [6, 6.07) is 2.02. The number of likely N-dealkylation sites (N-methyl/N-ethyl adjacent to an activating group) is 1. The highest BCUT2D eigenvalue weighted by Gasteiger charge is 2.21. The van der Waals surface area contributed by atoms with Crippen LogP contribution in [0.1, 0.15) is 10.4 Å². The molecule has 4 nitrogen and oxygen atoms in total. The summed E-state index contributed by atoms with van der Waals surface area (Å²) in [4.78, 5) is 16.7. The lowest BCUT2D eigenvalue weighted by atomic mass is 10.2. The Balaban J connectivity index is 1.93. The first-order valence-electron chi connectivity index (χ1n) is 5.82. The van der Waals surface area contributed by atoms with Gasteiger partial charge in [0, 0.05) is 42.5 Å². The Labute approximate surface area is 111 Å². The van der Waals surface area contributed by atoms with Gasteiger partial charge >= 0.3 is 0 Å². The molecule has 18 heavy (non-hydrogen) atoms. The van der Waals surface area contributed by atoms with E-state index in [0.29, 0.717) is 6.54 Å². The maximum atomic E-state index is 11.6. The van der Waals surface area contributed by atoms with Crippen molar-refractivity contribution in [2.45, 2.75) is 6.54 Å². The zero-order valence-corrected chi connectivity index (χ0v) is 11.2. The number of nitrogens with zero attached hydrogens (tertiary/aromatic N) is 2. The van der Waals surface area contributed by atoms with Crippen LogP contribution in [0.25, 0.3) is 0 Å². The number of thiophene rings is 1. The summed E-state index contributed by atoms with van der Waals surface area (Å²) in [5.74, 6) is 5.70. The average Bonchev–Trinajstić information content (AvgIpc) is 2.79. The zero-order chi connectivity index (χ0) is 13.0. The lowest BCUT2D eigenvalue weighted by Crippen LogP contribution is -2.47. The van der Waals surface area contributed by atoms with Gasteiger partial charge in [0.15, 0.2) is 0 Å². The summed E-state index contributed by atoms with van der Waals surface area (Å²) in [5, 5.41) is 10.6. The predicted octanol–water partition coefficient (Wildman–Crippen LogP) is 0.366. The monoisotopic (exact) mass is 264 g/mol. The van der Waals surface area contributed by atoms with Gasteiger partial charge in [-0.2, -0.15) is 0 Å². The van der Waals surface area contributed by atoms with Gasteiger partial charge in [-0.3, -0.25) is 9.69 Å². The molecule has 0 spiro atoms. The molecule has 0 radical (unpaired) electrons. The van der Waals surface area contributed by atoms with E-state index >= 15 is 0 Å². The highest BCUT2D eigenvalue weighted by molar-refractivity contribution is 7.10. The summed E-state index contributed by atoms with van der Waals surface area (Å²) in [7, 11) is 1.84. The Kier molecular flexibility index (Phi) is 4.37. The van der Waals surface area contributed by atoms with Gasteiger partial charge in [-0.05, 0) is 6.07 Å². The normalized spacial score (nSPS) is 16.6. The van der Waals surface area contributed by atoms with E-state index in [-0.39, 0.29) is 12.5 Å². The van der Waals surface area contributed by atoms with E-state index in [1.165, 1.54) is 4.88 Å². The van der Waals surface area contributed by atoms with Gasteiger partial charge in [-0.15, -0.1) is 11.3 Å². The van der Waals surface area contributed by atoms with Crippen molar-refractivity contribution in [3.05, 3.63) is 21.9 Å². The van der Waals surface area contributed by atoms with Crippen LogP contribution in [0.4, 0.5) is 0 Å². The number of carbonyl (C=O) groups is 1. The van der Waals surface area contributed by atoms with E-state index in [1.807, 2.05) is 18.5 Å². The van der Waals surface area contributed by atoms with E-state index in [1.54, 1.807) is 16.2 Å². The summed E-state index contributed by atoms with van der Waals surface area (Å²) < 4.78 is 0. The molecule has 5 heteroatoms. The van der Waals surface area contributed by atoms with Crippen molar-refractivity contribution in [1.82, 2.24) is 9.80 Å². The Hall–Kier alpha value is -1.35. The summed E-state index contributed by atoms with van der Waals surface area (Å²) in [6.45, 7) is 2.88. The quantitative estimate of drug-likeness (QED) is 0.785. The third-order valence-corrected chi connectivity index (χ3v) is 3.80. The molecule has 2 rings (SSSR count). The van der Waals surface area contributed by atoms with Crippen molar-refractivity contribution in [2.24, 2.45) is 0 Å². The standard InChI is InChI=1S/C13H16N2O2S/c1-14-4-5-15(9-13(14)17)8-12-7-11(10-18-12)3-2-6-16/h7,10,16H,4-6,8-9H2,1H3. The first-order chi connectivity index (χ1) is 8.69. The van der Waals surface area contributed by atoms with Crippen LogP contribution < -0.4 is 0 Å². The maximum absolute atomic E-state index is 11.6. The molecule has 1 saturated heterocycles. The first kappa shape index (κ1) is 13.1. The zero-order valence-electron chi connectivity index (χ0n) is 10.3. The largest absolute Gasteiger partial charge is 0.384 e. The van der Waals surface area contributed by atoms with Crippen LogP contribution in [0.5, 0.6) is 0 Å². The summed E-state index contributed by atoms with van der Waals surface area (Å²) >= 11 is 1.64. The fourth-order valence-electron chi connectivity index (χ4n) is 1.83. The Bertz CT molecular complexity index is 487. The second-order valence-corrected chi connectivity index (χ2v) is 5.28. The molecule has 1 amide bonds. The van der Waals surface area contributed by atoms with Gasteiger partial charge in [0.1, 0.15) is 6.61 Å². The van der Waals surface area contributed by atoms with Crippen molar-refractivity contribution >= 4 is 17.2 Å². The molecule has 0 unspecified atom stereocenters. The Morgan fingerprint density at radius 2 is 2.33 bits per heavy atom. The fourth-order valence-corrected chi connectivity index (χ4v) is 2.69. The van der Waals surface area contributed by atoms with Crippen molar-refractivity contribution in [3.63, 3.8) is 0 Å². The molecular weight excluding hydrogens is 248 g/mol. The van der Waals surface area contributed by atoms with Crippen LogP contribution in [-0.2, 0) is 11.3 Å². The second-order valence-electron chi connectivity index (χ2n) is 4.29. The van der Waals surface area contributed by atoms with E-state index in [9.17, 15) is 4.79 Å². The van der Waals surface area contributed by atoms with Crippen molar-refractivity contribution < 1.29 is 9.90 Å². The average molecular weight is 264 g/mol. The fraction of sp³-hybridized carbons (Fsp3) is 0.462. The molecule has 0 aliphatic carbocycles. The number of hydrogen-bond acceptors (Lipinski definition) is 4. The van der Waals surface area contributed by atoms with Gasteiger partial charge in [0.2, 0.25) is 5.91 Å². The van der Waals surface area contributed by atoms with E-state index in [2.05, 4.69) is 16.7 Å². The van der Waals surface area contributed by atoms with E-state index in [4.69, 9.17) is 5.11 Å². The molecule has 0 atom stereocenters. The molecule has 1 aromatic heterocycles. The number of carbonyl (C=O) groups excluding carboxylic acids is 1. The van der Waals surface area contributed by atoms with Crippen LogP contribution in [0.15, 0.2) is 11.4 Å². The number of piperazine rings is 1. The maximum Gasteiger partial charge on any atom is 0.236 e. The van der Waals surface area contributed by atoms with Gasteiger partial charge in [-0.25, -0.2) is 0 Å². The number of amides is 1. The highest BCUT2D eigenvalue weighted by atomic mass is 32.1. The minimum atomic E-state index is -0.113. The van der Waals surface area contributed by atoms with Crippen molar-refractivity contribution in [1.29, 1.82) is 0 Å². The molecule has 0 bridgehead atoms. The molecule has 96 valence electrons. The molecule has 1 aliphatic rings. The predicted molar refractivity (Wildman–Crippen MR) is 71.2 cm³/mol. The van der Waals surface area contributed by atoms with E-state index < -0.39 is 0 Å². The van der Waals surface area contributed by atoms with Crippen LogP contribution >= 0.6 is 11.3 Å². The Morgan fingerprint density at radius 1 is 1.50 bits per heavy atom. The topological polar surface area (TPSA) is 43.8 Å². The SMILES string of the molecule is CN1CCN(Cc2cc(C#CCO)cs2)CC1=O. The highest BCUT2D eigenvalue weighted by Crippen LogP contribution is 2.17. The molecule has 0 saturated carbocycles. The Morgan fingerprint density at radius 3 is 3.06 bits per heavy atom. The third-order valence-electron chi connectivity index (χ3n) is 2.88. The number of aliphatic hydroxyl groups is 1. The van der Waals surface area contributed by atoms with Gasteiger partial charge in [0.05, 0.1) is 6.54 Å². The van der Waals surface area contributed by atoms with Gasteiger partial charge < -0.3 is 10.0 Å². The van der Waals surface area contributed by atoms with Crippen molar-refractivity contribution in [3.8, 4) is 11.8 Å². The summed E-state index contributed by atoms with van der Waals surface area (Å²) in [5.41, 5.74) is 0.935. The molecule has 1 aliphatic heterocycles. The molecular formula is C13H16N2O2S. The number of aliphatic hydroxyl groups excluding tert-OH is 1. The lowest BCUT2D eigenvalue weighted by molar-refractivity contribution is -0.134. The van der Waals surface area contributed by atoms with Gasteiger partial charge in [0.25, 0.3) is 0 Å². The van der Waals surface area contributed by atoms with Crippen LogP contribution in [0.3, 0.4) is 0 Å². The molecule has 1 aromatic rings. The van der Waals surface area contributed by atoms with Gasteiger partial charge in [-0.1, -0.05) is 11.8 Å². The van der Waals surface area contributed by atoms with Crippen LogP contribution in [0.2, 0.25) is 0 Å². The van der Waals surface area contributed by atoms with Crippen LogP contribution in [-0.4, -0.2) is 54.1 Å². The minimum absolute atomic E-state index is 0.113. The summed E-state index contributed by atoms with van der Waals surface area (Å²) in [6.07, 6.45) is 0. The molecule has 1 N–H and O–H groups in total. The van der Waals surface area contributed by atoms with Crippen LogP contribution in [0, 0.1) is 11.8 Å². The van der Waals surface area contributed by atoms with E-state index in [0.717, 1.165) is 25.2 Å². The van der Waals surface area contributed by atoms with Crippen molar-refractivity contribution in [2.75, 3.05) is 33.3 Å². The smallest absolute Gasteiger partial charge is 0.236 e. The lowest BCUT2D eigenvalue weighted by Gasteiger charge is -2.31.